The predicted octanol–water partition coefficient (Wildman–Crippen LogP) is 9.28. The van der Waals surface area contributed by atoms with Crippen molar-refractivity contribution in [3.8, 4) is 0 Å². The number of carbonyl (C=O) groups excluding carboxylic acids is 2. The van der Waals surface area contributed by atoms with Crippen LogP contribution in [-0.4, -0.2) is 24.1 Å². The van der Waals surface area contributed by atoms with Gasteiger partial charge in [0.15, 0.2) is 0 Å². The standard InChI is InChI=1S/C40H52O4/c1-26(16-18-33(29-12-8-6-9-13-29)30-14-10-7-11-15-30)35-20-21-36-34-19-17-31-24-32(43-27(2)41)22-23-39(31,4)37(34)25-38(40(35,36)5)44-28(3)42/h6-15,18,26,31-32,34-38H,16-17,19-25H2,1-5H3/t26?,31?,32-,34?,35?,36?,37?,38+,39?,40?/m1/s1. The fourth-order valence-electron chi connectivity index (χ4n) is 10.9. The lowest BCUT2D eigenvalue weighted by Gasteiger charge is -2.62. The number of fused-ring (bicyclic) bond motifs is 5. The number of hydrogen-bond donors (Lipinski definition) is 0. The second-order valence-electron chi connectivity index (χ2n) is 15.1. The Morgan fingerprint density at radius 1 is 0.818 bits per heavy atom. The largest absolute Gasteiger partial charge is 0.463 e. The van der Waals surface area contributed by atoms with E-state index >= 15 is 0 Å². The molecule has 4 fully saturated rings. The molecule has 236 valence electrons. The molecular formula is C40H52O4. The van der Waals surface area contributed by atoms with Crippen LogP contribution in [0.15, 0.2) is 66.7 Å². The summed E-state index contributed by atoms with van der Waals surface area (Å²) in [6.45, 7) is 10.6. The van der Waals surface area contributed by atoms with E-state index in [-0.39, 0.29) is 35.0 Å². The number of rotatable bonds is 7. The molecule has 4 nitrogen and oxygen atoms in total. The fraction of sp³-hybridized carbons (Fsp3) is 0.600. The fourth-order valence-corrected chi connectivity index (χ4v) is 10.9. The number of carbonyl (C=O) groups is 2. The molecule has 8 unspecified atom stereocenters. The van der Waals surface area contributed by atoms with Gasteiger partial charge in [0.05, 0.1) is 0 Å². The SMILES string of the molecule is CC(=O)O[C@@H]1CCC2(C)C(CCC3C2C[C@H](OC(C)=O)C2(C)C(C(C)CC=C(c4ccccc4)c4ccccc4)CCC32)C1. The van der Waals surface area contributed by atoms with Crippen molar-refractivity contribution in [3.05, 3.63) is 77.9 Å². The van der Waals surface area contributed by atoms with Gasteiger partial charge in [-0.05, 0) is 115 Å². The Morgan fingerprint density at radius 3 is 2.07 bits per heavy atom. The Morgan fingerprint density at radius 2 is 1.45 bits per heavy atom. The highest BCUT2D eigenvalue weighted by Crippen LogP contribution is 2.69. The molecule has 0 bridgehead atoms. The summed E-state index contributed by atoms with van der Waals surface area (Å²) in [5, 5.41) is 0. The molecular weight excluding hydrogens is 544 g/mol. The summed E-state index contributed by atoms with van der Waals surface area (Å²) in [5.74, 6) is 3.07. The molecule has 2 aromatic carbocycles. The second-order valence-corrected chi connectivity index (χ2v) is 15.1. The smallest absolute Gasteiger partial charge is 0.302 e. The number of esters is 2. The first-order valence-electron chi connectivity index (χ1n) is 17.3. The van der Waals surface area contributed by atoms with E-state index in [1.807, 2.05) is 0 Å². The Bertz CT molecular complexity index is 1310. The van der Waals surface area contributed by atoms with Crippen molar-refractivity contribution < 1.29 is 19.1 Å². The lowest BCUT2D eigenvalue weighted by Crippen LogP contribution is -2.59. The second kappa shape index (κ2) is 12.5. The highest BCUT2D eigenvalue weighted by atomic mass is 16.5. The summed E-state index contributed by atoms with van der Waals surface area (Å²) in [7, 11) is 0. The lowest BCUT2D eigenvalue weighted by atomic mass is 9.43. The molecule has 0 saturated heterocycles. The van der Waals surface area contributed by atoms with Gasteiger partial charge in [-0.15, -0.1) is 0 Å². The van der Waals surface area contributed by atoms with Crippen LogP contribution in [0.4, 0.5) is 0 Å². The van der Waals surface area contributed by atoms with Gasteiger partial charge in [-0.2, -0.15) is 0 Å². The third kappa shape index (κ3) is 5.67. The van der Waals surface area contributed by atoms with Gasteiger partial charge in [-0.1, -0.05) is 87.5 Å². The lowest BCUT2D eigenvalue weighted by molar-refractivity contribution is -0.197. The molecule has 0 N–H and O–H groups in total. The molecule has 10 atom stereocenters. The Balaban J connectivity index is 1.26. The molecule has 4 saturated carbocycles. The van der Waals surface area contributed by atoms with Crippen molar-refractivity contribution >= 4 is 17.5 Å². The van der Waals surface area contributed by atoms with Crippen molar-refractivity contribution in [2.24, 2.45) is 46.3 Å². The molecule has 0 spiro atoms. The number of ether oxygens (including phenoxy) is 2. The highest BCUT2D eigenvalue weighted by molar-refractivity contribution is 5.79. The summed E-state index contributed by atoms with van der Waals surface area (Å²) in [6, 6.07) is 21.5. The van der Waals surface area contributed by atoms with Crippen LogP contribution in [0.25, 0.3) is 5.57 Å². The van der Waals surface area contributed by atoms with Crippen molar-refractivity contribution in [1.29, 1.82) is 0 Å². The topological polar surface area (TPSA) is 52.6 Å². The normalized spacial score (nSPS) is 36.6. The van der Waals surface area contributed by atoms with Crippen LogP contribution in [0, 0.1) is 46.3 Å². The van der Waals surface area contributed by atoms with Crippen LogP contribution in [-0.2, 0) is 19.1 Å². The maximum Gasteiger partial charge on any atom is 0.302 e. The minimum absolute atomic E-state index is 0.0160. The van der Waals surface area contributed by atoms with Gasteiger partial charge in [0.2, 0.25) is 0 Å². The summed E-state index contributed by atoms with van der Waals surface area (Å²) in [5.41, 5.74) is 4.01. The molecule has 44 heavy (non-hydrogen) atoms. The predicted molar refractivity (Wildman–Crippen MR) is 175 cm³/mol. The average molecular weight is 597 g/mol. The molecule has 0 aromatic heterocycles. The first kappa shape index (κ1) is 31.1. The summed E-state index contributed by atoms with van der Waals surface area (Å²) < 4.78 is 12.1. The summed E-state index contributed by atoms with van der Waals surface area (Å²) in [6.07, 6.45) is 12.4. The van der Waals surface area contributed by atoms with E-state index in [4.69, 9.17) is 9.47 Å². The van der Waals surface area contributed by atoms with Crippen molar-refractivity contribution in [2.75, 3.05) is 0 Å². The van der Waals surface area contributed by atoms with E-state index in [0.29, 0.717) is 35.5 Å². The van der Waals surface area contributed by atoms with Crippen molar-refractivity contribution in [3.63, 3.8) is 0 Å². The third-order valence-electron chi connectivity index (χ3n) is 13.0. The van der Waals surface area contributed by atoms with E-state index in [1.54, 1.807) is 6.92 Å². The minimum atomic E-state index is -0.156. The van der Waals surface area contributed by atoms with E-state index in [2.05, 4.69) is 87.5 Å². The van der Waals surface area contributed by atoms with E-state index in [1.165, 1.54) is 49.3 Å². The molecule has 2 aromatic rings. The Labute approximate surface area is 265 Å². The zero-order chi connectivity index (χ0) is 31.1. The molecule has 4 aliphatic carbocycles. The van der Waals surface area contributed by atoms with Gasteiger partial charge in [0.1, 0.15) is 12.2 Å². The van der Waals surface area contributed by atoms with E-state index in [0.717, 1.165) is 32.1 Å². The van der Waals surface area contributed by atoms with Crippen LogP contribution < -0.4 is 0 Å². The Kier molecular flexibility index (Phi) is 8.83. The van der Waals surface area contributed by atoms with Crippen LogP contribution in [0.1, 0.15) is 104 Å². The van der Waals surface area contributed by atoms with Crippen LogP contribution in [0.2, 0.25) is 0 Å². The van der Waals surface area contributed by atoms with E-state index < -0.39 is 0 Å². The molecule has 4 aliphatic rings. The molecule has 6 rings (SSSR count). The minimum Gasteiger partial charge on any atom is -0.463 e. The van der Waals surface area contributed by atoms with E-state index in [9.17, 15) is 9.59 Å². The molecule has 4 heteroatoms. The van der Waals surface area contributed by atoms with Crippen LogP contribution >= 0.6 is 0 Å². The molecule has 0 amide bonds. The maximum absolute atomic E-state index is 12.6. The third-order valence-corrected chi connectivity index (χ3v) is 13.0. The van der Waals surface area contributed by atoms with Crippen LogP contribution in [0.5, 0.6) is 0 Å². The molecule has 0 heterocycles. The zero-order valence-corrected chi connectivity index (χ0v) is 27.5. The average Bonchev–Trinajstić information content (AvgIpc) is 3.37. The quantitative estimate of drug-likeness (QED) is 0.299. The zero-order valence-electron chi connectivity index (χ0n) is 27.5. The van der Waals surface area contributed by atoms with Crippen molar-refractivity contribution in [2.45, 2.75) is 105 Å². The summed E-state index contributed by atoms with van der Waals surface area (Å²) in [4.78, 5) is 24.4. The van der Waals surface area contributed by atoms with Gasteiger partial charge >= 0.3 is 11.9 Å². The summed E-state index contributed by atoms with van der Waals surface area (Å²) >= 11 is 0. The Hall–Kier alpha value is -2.88. The first-order chi connectivity index (χ1) is 21.1. The number of allylic oxidation sites excluding steroid dienone is 1. The van der Waals surface area contributed by atoms with Gasteiger partial charge < -0.3 is 9.47 Å². The van der Waals surface area contributed by atoms with Crippen LogP contribution in [0.3, 0.4) is 0 Å². The highest BCUT2D eigenvalue weighted by Gasteiger charge is 2.65. The van der Waals surface area contributed by atoms with Gasteiger partial charge in [0, 0.05) is 19.3 Å². The molecule has 0 aliphatic heterocycles. The van der Waals surface area contributed by atoms with Gasteiger partial charge in [0.25, 0.3) is 0 Å². The van der Waals surface area contributed by atoms with Gasteiger partial charge in [-0.25, -0.2) is 0 Å². The molecule has 0 radical (unpaired) electrons. The van der Waals surface area contributed by atoms with Gasteiger partial charge in [-0.3, -0.25) is 9.59 Å². The van der Waals surface area contributed by atoms with Crippen molar-refractivity contribution in [1.82, 2.24) is 0 Å². The number of hydrogen-bond acceptors (Lipinski definition) is 4. The number of benzene rings is 2. The maximum atomic E-state index is 12.6. The first-order valence-corrected chi connectivity index (χ1v) is 17.3. The monoisotopic (exact) mass is 596 g/mol.